The van der Waals surface area contributed by atoms with E-state index >= 15 is 0 Å². The van der Waals surface area contributed by atoms with Gasteiger partial charge in [0.2, 0.25) is 0 Å². The van der Waals surface area contributed by atoms with Crippen LogP contribution in [0.5, 0.6) is 0 Å². The average molecular weight is 237 g/mol. The molecule has 0 fully saturated rings. The number of hydrogen-bond acceptors (Lipinski definition) is 3. The van der Waals surface area contributed by atoms with Crippen LogP contribution in [0.15, 0.2) is 30.7 Å². The van der Waals surface area contributed by atoms with Crippen LogP contribution in [0.1, 0.15) is 5.69 Å². The van der Waals surface area contributed by atoms with Crippen molar-refractivity contribution in [3.8, 4) is 0 Å². The first kappa shape index (κ1) is 11.0. The lowest BCUT2D eigenvalue weighted by molar-refractivity contribution is 0.742. The highest BCUT2D eigenvalue weighted by Crippen LogP contribution is 2.18. The standard InChI is InChI=1S/C11H13ClN4/c1-16-7-4-9(15-16)2-6-14-11-3-5-13-8-10(11)12/h3-5,7-8H,2,6H2,1H3,(H,13,14). The van der Waals surface area contributed by atoms with Gasteiger partial charge in [-0.05, 0) is 12.1 Å². The Morgan fingerprint density at radius 2 is 2.31 bits per heavy atom. The molecule has 0 amide bonds. The molecule has 0 spiro atoms. The molecule has 5 heteroatoms. The molecule has 0 saturated heterocycles. The van der Waals surface area contributed by atoms with E-state index in [1.54, 1.807) is 17.1 Å². The lowest BCUT2D eigenvalue weighted by Crippen LogP contribution is -2.06. The van der Waals surface area contributed by atoms with Gasteiger partial charge in [-0.15, -0.1) is 0 Å². The Hall–Kier alpha value is -1.55. The molecule has 0 unspecified atom stereocenters. The minimum Gasteiger partial charge on any atom is -0.383 e. The number of rotatable bonds is 4. The second kappa shape index (κ2) is 4.99. The summed E-state index contributed by atoms with van der Waals surface area (Å²) in [7, 11) is 1.91. The molecular formula is C11H13ClN4. The normalized spacial score (nSPS) is 10.4. The van der Waals surface area contributed by atoms with Gasteiger partial charge < -0.3 is 5.32 Å². The second-order valence-electron chi connectivity index (χ2n) is 3.51. The Morgan fingerprint density at radius 1 is 1.44 bits per heavy atom. The molecule has 0 aromatic carbocycles. The SMILES string of the molecule is Cn1ccc(CCNc2ccncc2Cl)n1. The largest absolute Gasteiger partial charge is 0.383 e. The molecule has 1 N–H and O–H groups in total. The Morgan fingerprint density at radius 3 is 3.00 bits per heavy atom. The molecule has 2 aromatic heterocycles. The van der Waals surface area contributed by atoms with Crippen LogP contribution in [0.4, 0.5) is 5.69 Å². The van der Waals surface area contributed by atoms with Crippen LogP contribution in [0.3, 0.4) is 0 Å². The van der Waals surface area contributed by atoms with Crippen molar-refractivity contribution in [1.82, 2.24) is 14.8 Å². The predicted octanol–water partition coefficient (Wildman–Crippen LogP) is 2.12. The summed E-state index contributed by atoms with van der Waals surface area (Å²) in [5.74, 6) is 0. The monoisotopic (exact) mass is 236 g/mol. The molecule has 0 aliphatic carbocycles. The van der Waals surface area contributed by atoms with Gasteiger partial charge in [0.15, 0.2) is 0 Å². The summed E-state index contributed by atoms with van der Waals surface area (Å²) < 4.78 is 1.80. The summed E-state index contributed by atoms with van der Waals surface area (Å²) in [5, 5.41) is 8.19. The van der Waals surface area contributed by atoms with Crippen LogP contribution >= 0.6 is 11.6 Å². The molecule has 0 radical (unpaired) electrons. The molecule has 0 aliphatic rings. The highest BCUT2D eigenvalue weighted by molar-refractivity contribution is 6.33. The Bertz CT molecular complexity index is 467. The highest BCUT2D eigenvalue weighted by atomic mass is 35.5. The van der Waals surface area contributed by atoms with Crippen molar-refractivity contribution in [3.05, 3.63) is 41.4 Å². The van der Waals surface area contributed by atoms with E-state index in [1.165, 1.54) is 0 Å². The molecule has 0 aliphatic heterocycles. The fraction of sp³-hybridized carbons (Fsp3) is 0.273. The number of pyridine rings is 1. The van der Waals surface area contributed by atoms with Gasteiger partial charge in [-0.25, -0.2) is 0 Å². The third kappa shape index (κ3) is 2.73. The first-order chi connectivity index (χ1) is 7.75. The number of halogens is 1. The van der Waals surface area contributed by atoms with Gasteiger partial charge in [-0.2, -0.15) is 5.10 Å². The Balaban J connectivity index is 1.87. The maximum absolute atomic E-state index is 5.97. The summed E-state index contributed by atoms with van der Waals surface area (Å²) in [5.41, 5.74) is 1.98. The van der Waals surface area contributed by atoms with Gasteiger partial charge in [0.05, 0.1) is 16.4 Å². The zero-order valence-electron chi connectivity index (χ0n) is 9.02. The minimum absolute atomic E-state index is 0.642. The quantitative estimate of drug-likeness (QED) is 0.884. The van der Waals surface area contributed by atoms with E-state index in [9.17, 15) is 0 Å². The highest BCUT2D eigenvalue weighted by Gasteiger charge is 1.99. The van der Waals surface area contributed by atoms with Gasteiger partial charge in [-0.3, -0.25) is 9.67 Å². The summed E-state index contributed by atoms with van der Waals surface area (Å²) in [6.07, 6.45) is 6.16. The van der Waals surface area contributed by atoms with E-state index in [2.05, 4.69) is 15.4 Å². The van der Waals surface area contributed by atoms with Crippen molar-refractivity contribution in [2.45, 2.75) is 6.42 Å². The van der Waals surface area contributed by atoms with Crippen molar-refractivity contribution in [2.24, 2.45) is 7.05 Å². The third-order valence-corrected chi connectivity index (χ3v) is 2.54. The predicted molar refractivity (Wildman–Crippen MR) is 64.6 cm³/mol. The van der Waals surface area contributed by atoms with Crippen molar-refractivity contribution in [3.63, 3.8) is 0 Å². The van der Waals surface area contributed by atoms with Crippen LogP contribution in [0.25, 0.3) is 0 Å². The molecule has 16 heavy (non-hydrogen) atoms. The summed E-state index contributed by atoms with van der Waals surface area (Å²) >= 11 is 5.97. The molecule has 0 atom stereocenters. The maximum Gasteiger partial charge on any atom is 0.0820 e. The van der Waals surface area contributed by atoms with Gasteiger partial charge in [0, 0.05) is 38.6 Å². The molecule has 2 aromatic rings. The number of anilines is 1. The van der Waals surface area contributed by atoms with Crippen molar-refractivity contribution in [1.29, 1.82) is 0 Å². The molecule has 2 rings (SSSR count). The van der Waals surface area contributed by atoms with Crippen LogP contribution in [-0.2, 0) is 13.5 Å². The Labute approximate surface area is 99.3 Å². The molecule has 84 valence electrons. The number of aryl methyl sites for hydroxylation is 1. The number of nitrogens with zero attached hydrogens (tertiary/aromatic N) is 3. The zero-order valence-corrected chi connectivity index (χ0v) is 9.78. The van der Waals surface area contributed by atoms with E-state index in [0.29, 0.717) is 5.02 Å². The second-order valence-corrected chi connectivity index (χ2v) is 3.92. The van der Waals surface area contributed by atoms with Crippen molar-refractivity contribution >= 4 is 17.3 Å². The van der Waals surface area contributed by atoms with Gasteiger partial charge in [-0.1, -0.05) is 11.6 Å². The number of hydrogen-bond donors (Lipinski definition) is 1. The average Bonchev–Trinajstić information content (AvgIpc) is 2.67. The van der Waals surface area contributed by atoms with E-state index in [-0.39, 0.29) is 0 Å². The van der Waals surface area contributed by atoms with Crippen LogP contribution in [-0.4, -0.2) is 21.3 Å². The molecule has 0 bridgehead atoms. The van der Waals surface area contributed by atoms with Gasteiger partial charge in [0.1, 0.15) is 0 Å². The lowest BCUT2D eigenvalue weighted by Gasteiger charge is -2.06. The lowest BCUT2D eigenvalue weighted by atomic mass is 10.3. The van der Waals surface area contributed by atoms with Crippen LogP contribution in [0, 0.1) is 0 Å². The maximum atomic E-state index is 5.97. The van der Waals surface area contributed by atoms with Crippen molar-refractivity contribution < 1.29 is 0 Å². The molecule has 2 heterocycles. The zero-order chi connectivity index (χ0) is 11.4. The topological polar surface area (TPSA) is 42.7 Å². The van der Waals surface area contributed by atoms with E-state index in [0.717, 1.165) is 24.3 Å². The molecule has 4 nitrogen and oxygen atoms in total. The van der Waals surface area contributed by atoms with E-state index in [4.69, 9.17) is 11.6 Å². The summed E-state index contributed by atoms with van der Waals surface area (Å²) in [6, 6.07) is 3.87. The number of aromatic nitrogens is 3. The fourth-order valence-electron chi connectivity index (χ4n) is 1.44. The summed E-state index contributed by atoms with van der Waals surface area (Å²) in [6.45, 7) is 0.806. The molecule has 0 saturated carbocycles. The van der Waals surface area contributed by atoms with Crippen molar-refractivity contribution in [2.75, 3.05) is 11.9 Å². The third-order valence-electron chi connectivity index (χ3n) is 2.24. The van der Waals surface area contributed by atoms with E-state index < -0.39 is 0 Å². The first-order valence-corrected chi connectivity index (χ1v) is 5.45. The molecular weight excluding hydrogens is 224 g/mol. The smallest absolute Gasteiger partial charge is 0.0820 e. The number of nitrogens with one attached hydrogen (secondary N) is 1. The summed E-state index contributed by atoms with van der Waals surface area (Å²) in [4.78, 5) is 3.93. The van der Waals surface area contributed by atoms with Gasteiger partial charge in [0.25, 0.3) is 0 Å². The van der Waals surface area contributed by atoms with Gasteiger partial charge >= 0.3 is 0 Å². The van der Waals surface area contributed by atoms with Crippen LogP contribution < -0.4 is 5.32 Å². The fourth-order valence-corrected chi connectivity index (χ4v) is 1.63. The minimum atomic E-state index is 0.642. The van der Waals surface area contributed by atoms with E-state index in [1.807, 2.05) is 25.4 Å². The van der Waals surface area contributed by atoms with Crippen LogP contribution in [0.2, 0.25) is 5.02 Å². The first-order valence-electron chi connectivity index (χ1n) is 5.07. The Kier molecular flexibility index (Phi) is 3.41.